The van der Waals surface area contributed by atoms with E-state index < -0.39 is 0 Å². The van der Waals surface area contributed by atoms with E-state index in [1.54, 1.807) is 6.92 Å². The van der Waals surface area contributed by atoms with Crippen LogP contribution in [0.4, 0.5) is 11.5 Å². The number of anilines is 2. The summed E-state index contributed by atoms with van der Waals surface area (Å²) < 4.78 is 0. The lowest BCUT2D eigenvalue weighted by Crippen LogP contribution is -2.41. The number of pyridine rings is 1. The molecule has 2 aliphatic heterocycles. The number of amides is 1. The van der Waals surface area contributed by atoms with Crippen LogP contribution in [0.25, 0.3) is 0 Å². The molecule has 21 heavy (non-hydrogen) atoms. The molecule has 1 atom stereocenters. The van der Waals surface area contributed by atoms with Crippen LogP contribution in [0.2, 0.25) is 0 Å². The van der Waals surface area contributed by atoms with Crippen molar-refractivity contribution >= 4 is 17.4 Å². The van der Waals surface area contributed by atoms with E-state index in [1.807, 2.05) is 11.0 Å². The maximum absolute atomic E-state index is 11.8. The Morgan fingerprint density at radius 1 is 1.33 bits per heavy atom. The second-order valence-corrected chi connectivity index (χ2v) is 6.40. The third kappa shape index (κ3) is 2.88. The Labute approximate surface area is 126 Å². The molecule has 5 heteroatoms. The third-order valence-electron chi connectivity index (χ3n) is 4.51. The Bertz CT molecular complexity index is 537. The van der Waals surface area contributed by atoms with Crippen molar-refractivity contribution in [1.82, 2.24) is 4.98 Å². The maximum atomic E-state index is 11.8. The fourth-order valence-electron chi connectivity index (χ4n) is 3.29. The van der Waals surface area contributed by atoms with Crippen LogP contribution >= 0.6 is 0 Å². The Balaban J connectivity index is 1.87. The monoisotopic (exact) mass is 288 g/mol. The summed E-state index contributed by atoms with van der Waals surface area (Å²) in [6.07, 6.45) is 2.99. The number of nitrogens with zero attached hydrogens (tertiary/aromatic N) is 3. The predicted octanol–water partition coefficient (Wildman–Crippen LogP) is 1.55. The zero-order chi connectivity index (χ0) is 15.0. The van der Waals surface area contributed by atoms with E-state index in [9.17, 15) is 4.79 Å². The van der Waals surface area contributed by atoms with Gasteiger partial charge in [0.2, 0.25) is 5.91 Å². The van der Waals surface area contributed by atoms with Crippen LogP contribution < -0.4 is 15.5 Å². The van der Waals surface area contributed by atoms with Crippen LogP contribution in [0.15, 0.2) is 12.1 Å². The lowest BCUT2D eigenvalue weighted by Gasteiger charge is -2.34. The molecule has 5 nitrogen and oxygen atoms in total. The van der Waals surface area contributed by atoms with Crippen molar-refractivity contribution in [2.75, 3.05) is 29.4 Å². The molecule has 0 unspecified atom stereocenters. The van der Waals surface area contributed by atoms with Gasteiger partial charge in [0.25, 0.3) is 0 Å². The molecule has 3 rings (SSSR count). The second kappa shape index (κ2) is 5.64. The third-order valence-corrected chi connectivity index (χ3v) is 4.51. The van der Waals surface area contributed by atoms with Gasteiger partial charge in [-0.05, 0) is 37.3 Å². The average molecular weight is 288 g/mol. The van der Waals surface area contributed by atoms with E-state index in [1.165, 1.54) is 0 Å². The first-order valence-electron chi connectivity index (χ1n) is 7.83. The normalized spacial score (nSPS) is 23.1. The highest BCUT2D eigenvalue weighted by atomic mass is 16.2. The van der Waals surface area contributed by atoms with Gasteiger partial charge in [-0.15, -0.1) is 0 Å². The number of rotatable bonds is 1. The first-order chi connectivity index (χ1) is 10.0. The molecule has 0 aliphatic carbocycles. The van der Waals surface area contributed by atoms with Crippen LogP contribution in [0.1, 0.15) is 32.4 Å². The lowest BCUT2D eigenvalue weighted by molar-refractivity contribution is -0.116. The molecular weight excluding hydrogens is 264 g/mol. The van der Waals surface area contributed by atoms with E-state index in [0.29, 0.717) is 12.0 Å². The number of fused-ring (bicyclic) bond motifs is 1. The van der Waals surface area contributed by atoms with E-state index in [0.717, 1.165) is 56.1 Å². The van der Waals surface area contributed by atoms with Crippen LogP contribution in [0.5, 0.6) is 0 Å². The van der Waals surface area contributed by atoms with Crippen LogP contribution in [-0.4, -0.2) is 36.6 Å². The Morgan fingerprint density at radius 2 is 2.05 bits per heavy atom. The highest BCUT2D eigenvalue weighted by Gasteiger charge is 2.26. The molecule has 1 amide bonds. The van der Waals surface area contributed by atoms with Crippen molar-refractivity contribution in [3.05, 3.63) is 17.8 Å². The number of piperidine rings is 1. The van der Waals surface area contributed by atoms with Gasteiger partial charge in [-0.25, -0.2) is 4.98 Å². The number of nitrogens with two attached hydrogens (primary N) is 1. The minimum Gasteiger partial charge on any atom is -0.356 e. The molecule has 1 aromatic heterocycles. The summed E-state index contributed by atoms with van der Waals surface area (Å²) in [4.78, 5) is 20.8. The summed E-state index contributed by atoms with van der Waals surface area (Å²) in [5.41, 5.74) is 8.00. The standard InChI is InChI=1S/C16H24N4O/c1-11-9-14-15(20(10-11)12(2)21)3-4-16(18-14)19-7-5-13(17)6-8-19/h3-4,11,13H,5-10,17H2,1-2H3/t11-/m1/s1. The minimum absolute atomic E-state index is 0.0984. The Hall–Kier alpha value is -1.62. The van der Waals surface area contributed by atoms with Gasteiger partial charge < -0.3 is 15.5 Å². The fraction of sp³-hybridized carbons (Fsp3) is 0.625. The zero-order valence-electron chi connectivity index (χ0n) is 12.9. The molecule has 0 bridgehead atoms. The topological polar surface area (TPSA) is 62.5 Å². The molecule has 0 aromatic carbocycles. The molecule has 2 N–H and O–H groups in total. The van der Waals surface area contributed by atoms with E-state index in [2.05, 4.69) is 17.9 Å². The summed E-state index contributed by atoms with van der Waals surface area (Å²) in [7, 11) is 0. The Morgan fingerprint density at radius 3 is 2.71 bits per heavy atom. The van der Waals surface area contributed by atoms with Gasteiger partial charge in [0, 0.05) is 32.6 Å². The van der Waals surface area contributed by atoms with Gasteiger partial charge in [0.05, 0.1) is 11.4 Å². The summed E-state index contributed by atoms with van der Waals surface area (Å²) in [5.74, 6) is 1.58. The molecule has 2 aliphatic rings. The molecule has 1 fully saturated rings. The largest absolute Gasteiger partial charge is 0.356 e. The molecule has 0 radical (unpaired) electrons. The SMILES string of the molecule is CC(=O)N1C[C@H](C)Cc2nc(N3CCC(N)CC3)ccc21. The van der Waals surface area contributed by atoms with E-state index in [-0.39, 0.29) is 5.91 Å². The number of hydrogen-bond acceptors (Lipinski definition) is 4. The number of carbonyl (C=O) groups is 1. The maximum Gasteiger partial charge on any atom is 0.223 e. The van der Waals surface area contributed by atoms with Crippen molar-refractivity contribution in [2.24, 2.45) is 11.7 Å². The first kappa shape index (κ1) is 14.3. The van der Waals surface area contributed by atoms with Gasteiger partial charge in [-0.3, -0.25) is 4.79 Å². The van der Waals surface area contributed by atoms with Crippen molar-refractivity contribution in [3.63, 3.8) is 0 Å². The van der Waals surface area contributed by atoms with Crippen molar-refractivity contribution < 1.29 is 4.79 Å². The van der Waals surface area contributed by atoms with Crippen LogP contribution in [0.3, 0.4) is 0 Å². The molecule has 0 saturated carbocycles. The second-order valence-electron chi connectivity index (χ2n) is 6.40. The summed E-state index contributed by atoms with van der Waals surface area (Å²) >= 11 is 0. The highest BCUT2D eigenvalue weighted by Crippen LogP contribution is 2.31. The van der Waals surface area contributed by atoms with Crippen LogP contribution in [0, 0.1) is 5.92 Å². The van der Waals surface area contributed by atoms with E-state index in [4.69, 9.17) is 10.7 Å². The summed E-state index contributed by atoms with van der Waals surface area (Å²) in [6.45, 7) is 6.54. The van der Waals surface area contributed by atoms with Gasteiger partial charge in [0.1, 0.15) is 5.82 Å². The van der Waals surface area contributed by atoms with E-state index >= 15 is 0 Å². The smallest absolute Gasteiger partial charge is 0.223 e. The molecular formula is C16H24N4O. The summed E-state index contributed by atoms with van der Waals surface area (Å²) in [6, 6.07) is 4.42. The molecule has 114 valence electrons. The Kier molecular flexibility index (Phi) is 3.85. The number of aromatic nitrogens is 1. The van der Waals surface area contributed by atoms with Crippen molar-refractivity contribution in [3.8, 4) is 0 Å². The van der Waals surface area contributed by atoms with Crippen molar-refractivity contribution in [1.29, 1.82) is 0 Å². The zero-order valence-corrected chi connectivity index (χ0v) is 12.9. The molecule has 1 aromatic rings. The quantitative estimate of drug-likeness (QED) is 0.852. The van der Waals surface area contributed by atoms with Gasteiger partial charge in [-0.1, -0.05) is 6.92 Å². The van der Waals surface area contributed by atoms with Gasteiger partial charge in [0.15, 0.2) is 0 Å². The van der Waals surface area contributed by atoms with Crippen molar-refractivity contribution in [2.45, 2.75) is 39.2 Å². The number of carbonyl (C=O) groups excluding carboxylic acids is 1. The molecule has 3 heterocycles. The highest BCUT2D eigenvalue weighted by molar-refractivity contribution is 5.92. The first-order valence-corrected chi connectivity index (χ1v) is 7.83. The predicted molar refractivity (Wildman–Crippen MR) is 84.6 cm³/mol. The number of hydrogen-bond donors (Lipinski definition) is 1. The van der Waals surface area contributed by atoms with Gasteiger partial charge >= 0.3 is 0 Å². The minimum atomic E-state index is 0.0984. The molecule has 1 saturated heterocycles. The molecule has 0 spiro atoms. The fourth-order valence-corrected chi connectivity index (χ4v) is 3.29. The average Bonchev–Trinajstić information content (AvgIpc) is 2.46. The lowest BCUT2D eigenvalue weighted by atomic mass is 9.97. The van der Waals surface area contributed by atoms with Gasteiger partial charge in [-0.2, -0.15) is 0 Å². The summed E-state index contributed by atoms with van der Waals surface area (Å²) in [5, 5.41) is 0. The van der Waals surface area contributed by atoms with Crippen LogP contribution in [-0.2, 0) is 11.2 Å².